The highest BCUT2D eigenvalue weighted by Gasteiger charge is 2.12. The van der Waals surface area contributed by atoms with Gasteiger partial charge in [-0.2, -0.15) is 0 Å². The molecule has 0 spiro atoms. The van der Waals surface area contributed by atoms with E-state index in [-0.39, 0.29) is 18.1 Å². The summed E-state index contributed by atoms with van der Waals surface area (Å²) in [7, 11) is 0. The zero-order chi connectivity index (χ0) is 15.7. The van der Waals surface area contributed by atoms with E-state index in [0.717, 1.165) is 0 Å². The van der Waals surface area contributed by atoms with E-state index in [0.29, 0.717) is 27.5 Å². The van der Waals surface area contributed by atoms with Crippen LogP contribution in [0.15, 0.2) is 36.4 Å². The Kier molecular flexibility index (Phi) is 3.68. The molecule has 0 amide bonds. The summed E-state index contributed by atoms with van der Waals surface area (Å²) in [5.41, 5.74) is 1.55. The molecule has 0 aliphatic rings. The van der Waals surface area contributed by atoms with Gasteiger partial charge < -0.3 is 9.84 Å². The molecule has 0 radical (unpaired) electrons. The number of ether oxygens (including phenoxy) is 1. The SMILES string of the molecule is CCC(=O)Oc1ccc(O)c(-n2nc3ccc(Cl)cc3n2)c1. The Balaban J connectivity index is 2.04. The molecule has 112 valence electrons. The lowest BCUT2D eigenvalue weighted by atomic mass is 10.3. The summed E-state index contributed by atoms with van der Waals surface area (Å²) in [5, 5.41) is 19.1. The number of esters is 1. The van der Waals surface area contributed by atoms with E-state index in [9.17, 15) is 9.90 Å². The van der Waals surface area contributed by atoms with E-state index in [1.54, 1.807) is 25.1 Å². The van der Waals surface area contributed by atoms with Crippen LogP contribution in [-0.2, 0) is 4.79 Å². The van der Waals surface area contributed by atoms with Crippen LogP contribution >= 0.6 is 11.6 Å². The third-order valence-electron chi connectivity index (χ3n) is 3.03. The first kappa shape index (κ1) is 14.3. The number of aromatic nitrogens is 3. The van der Waals surface area contributed by atoms with Gasteiger partial charge in [0.2, 0.25) is 0 Å². The maximum atomic E-state index is 11.4. The van der Waals surface area contributed by atoms with Crippen molar-refractivity contribution in [2.75, 3.05) is 0 Å². The van der Waals surface area contributed by atoms with Crippen LogP contribution in [-0.4, -0.2) is 26.1 Å². The first-order chi connectivity index (χ1) is 10.6. The number of carbonyl (C=O) groups excluding carboxylic acids is 1. The monoisotopic (exact) mass is 317 g/mol. The van der Waals surface area contributed by atoms with Crippen LogP contribution < -0.4 is 4.74 Å². The molecule has 0 unspecified atom stereocenters. The Bertz CT molecular complexity index is 860. The second kappa shape index (κ2) is 5.65. The van der Waals surface area contributed by atoms with Crippen molar-refractivity contribution in [1.29, 1.82) is 0 Å². The minimum atomic E-state index is -0.359. The first-order valence-electron chi connectivity index (χ1n) is 6.63. The Morgan fingerprint density at radius 1 is 1.23 bits per heavy atom. The van der Waals surface area contributed by atoms with Crippen molar-refractivity contribution in [1.82, 2.24) is 15.0 Å². The van der Waals surface area contributed by atoms with Gasteiger partial charge in [0.05, 0.1) is 0 Å². The largest absolute Gasteiger partial charge is 0.506 e. The van der Waals surface area contributed by atoms with E-state index in [2.05, 4.69) is 10.2 Å². The molecule has 0 saturated heterocycles. The fourth-order valence-corrected chi connectivity index (χ4v) is 2.09. The van der Waals surface area contributed by atoms with E-state index in [1.807, 2.05) is 0 Å². The average molecular weight is 318 g/mol. The summed E-state index contributed by atoms with van der Waals surface area (Å²) in [5.74, 6) is -0.0660. The first-order valence-corrected chi connectivity index (χ1v) is 7.01. The molecule has 2 aromatic carbocycles. The highest BCUT2D eigenvalue weighted by molar-refractivity contribution is 6.31. The van der Waals surface area contributed by atoms with Gasteiger partial charge in [0.25, 0.3) is 0 Å². The van der Waals surface area contributed by atoms with E-state index < -0.39 is 0 Å². The fourth-order valence-electron chi connectivity index (χ4n) is 1.93. The van der Waals surface area contributed by atoms with Crippen LogP contribution in [0.3, 0.4) is 0 Å². The standard InChI is InChI=1S/C15H12ClN3O3/c1-2-15(21)22-10-4-6-14(20)13(8-10)19-17-11-5-3-9(16)7-12(11)18-19/h3-8,20H,2H2,1H3. The number of hydrogen-bond donors (Lipinski definition) is 1. The molecule has 1 heterocycles. The lowest BCUT2D eigenvalue weighted by Crippen LogP contribution is -2.06. The summed E-state index contributed by atoms with van der Waals surface area (Å²) in [6.45, 7) is 1.70. The molecule has 0 aliphatic carbocycles. The number of rotatable bonds is 3. The van der Waals surface area contributed by atoms with Gasteiger partial charge in [-0.05, 0) is 30.3 Å². The predicted octanol–water partition coefficient (Wildman–Crippen LogP) is 3.09. The van der Waals surface area contributed by atoms with Crippen LogP contribution in [0.1, 0.15) is 13.3 Å². The number of aromatic hydroxyl groups is 1. The summed E-state index contributed by atoms with van der Waals surface area (Å²) >= 11 is 5.92. The number of carbonyl (C=O) groups is 1. The van der Waals surface area contributed by atoms with Gasteiger partial charge in [-0.3, -0.25) is 4.79 Å². The highest BCUT2D eigenvalue weighted by atomic mass is 35.5. The molecule has 0 fully saturated rings. The van der Waals surface area contributed by atoms with Crippen LogP contribution in [0.5, 0.6) is 11.5 Å². The van der Waals surface area contributed by atoms with Crippen LogP contribution in [0.2, 0.25) is 5.02 Å². The minimum Gasteiger partial charge on any atom is -0.506 e. The molecule has 0 saturated carbocycles. The molecule has 1 N–H and O–H groups in total. The number of halogens is 1. The number of phenolic OH excluding ortho intramolecular Hbond substituents is 1. The summed E-state index contributed by atoms with van der Waals surface area (Å²) in [6.07, 6.45) is 0.263. The van der Waals surface area contributed by atoms with Crippen molar-refractivity contribution in [2.45, 2.75) is 13.3 Å². The van der Waals surface area contributed by atoms with Gasteiger partial charge in [-0.1, -0.05) is 18.5 Å². The third-order valence-corrected chi connectivity index (χ3v) is 3.26. The normalized spacial score (nSPS) is 10.8. The molecule has 0 aliphatic heterocycles. The second-order valence-corrected chi connectivity index (χ2v) is 5.04. The zero-order valence-corrected chi connectivity index (χ0v) is 12.4. The Labute approximate surface area is 130 Å². The Morgan fingerprint density at radius 2 is 2.00 bits per heavy atom. The summed E-state index contributed by atoms with van der Waals surface area (Å²) in [6, 6.07) is 9.56. The molecule has 1 aromatic heterocycles. The minimum absolute atomic E-state index is 0.0253. The number of hydrogen-bond acceptors (Lipinski definition) is 5. The smallest absolute Gasteiger partial charge is 0.310 e. The van der Waals surface area contributed by atoms with Gasteiger partial charge in [-0.15, -0.1) is 15.0 Å². The number of phenols is 1. The van der Waals surface area contributed by atoms with Crippen molar-refractivity contribution in [3.05, 3.63) is 41.4 Å². The van der Waals surface area contributed by atoms with E-state index in [4.69, 9.17) is 16.3 Å². The number of benzene rings is 2. The molecule has 0 bridgehead atoms. The lowest BCUT2D eigenvalue weighted by molar-refractivity contribution is -0.134. The average Bonchev–Trinajstić information content (AvgIpc) is 2.91. The molecule has 7 heteroatoms. The maximum Gasteiger partial charge on any atom is 0.310 e. The van der Waals surface area contributed by atoms with Crippen molar-refractivity contribution >= 4 is 28.6 Å². The van der Waals surface area contributed by atoms with Crippen LogP contribution in [0, 0.1) is 0 Å². The third kappa shape index (κ3) is 2.73. The molecule has 0 atom stereocenters. The fraction of sp³-hybridized carbons (Fsp3) is 0.133. The van der Waals surface area contributed by atoms with Crippen molar-refractivity contribution in [3.63, 3.8) is 0 Å². The van der Waals surface area contributed by atoms with Gasteiger partial charge in [0, 0.05) is 17.5 Å². The van der Waals surface area contributed by atoms with Gasteiger partial charge in [-0.25, -0.2) is 0 Å². The summed E-state index contributed by atoms with van der Waals surface area (Å²) < 4.78 is 5.13. The number of fused-ring (bicyclic) bond motifs is 1. The predicted molar refractivity (Wildman–Crippen MR) is 81.5 cm³/mol. The van der Waals surface area contributed by atoms with Crippen LogP contribution in [0.4, 0.5) is 0 Å². The second-order valence-electron chi connectivity index (χ2n) is 4.60. The highest BCUT2D eigenvalue weighted by Crippen LogP contribution is 2.27. The lowest BCUT2D eigenvalue weighted by Gasteiger charge is -2.06. The molecular weight excluding hydrogens is 306 g/mol. The number of nitrogens with zero attached hydrogens (tertiary/aromatic N) is 3. The zero-order valence-electron chi connectivity index (χ0n) is 11.7. The molecule has 6 nitrogen and oxygen atoms in total. The molecular formula is C15H12ClN3O3. The van der Waals surface area contributed by atoms with Crippen molar-refractivity contribution < 1.29 is 14.6 Å². The van der Waals surface area contributed by atoms with Gasteiger partial charge in [0.15, 0.2) is 0 Å². The molecule has 3 aromatic rings. The van der Waals surface area contributed by atoms with Gasteiger partial charge >= 0.3 is 5.97 Å². The Hall–Kier alpha value is -2.60. The maximum absolute atomic E-state index is 11.4. The van der Waals surface area contributed by atoms with E-state index >= 15 is 0 Å². The quantitative estimate of drug-likeness (QED) is 0.593. The van der Waals surface area contributed by atoms with Gasteiger partial charge in [0.1, 0.15) is 28.2 Å². The van der Waals surface area contributed by atoms with E-state index in [1.165, 1.54) is 23.0 Å². The molecule has 3 rings (SSSR count). The van der Waals surface area contributed by atoms with Crippen molar-refractivity contribution in [3.8, 4) is 17.2 Å². The molecule has 22 heavy (non-hydrogen) atoms. The van der Waals surface area contributed by atoms with Crippen molar-refractivity contribution in [2.24, 2.45) is 0 Å². The van der Waals surface area contributed by atoms with Crippen LogP contribution in [0.25, 0.3) is 16.7 Å². The summed E-state index contributed by atoms with van der Waals surface area (Å²) in [4.78, 5) is 12.6. The Morgan fingerprint density at radius 3 is 2.77 bits per heavy atom. The topological polar surface area (TPSA) is 77.2 Å².